The smallest absolute Gasteiger partial charge is 0.238 e. The van der Waals surface area contributed by atoms with Crippen LogP contribution in [0.15, 0.2) is 22.7 Å². The molecule has 0 saturated heterocycles. The van der Waals surface area contributed by atoms with Gasteiger partial charge in [0.1, 0.15) is 6.07 Å². The third-order valence-electron chi connectivity index (χ3n) is 2.06. The van der Waals surface area contributed by atoms with Gasteiger partial charge in [-0.25, -0.2) is 4.39 Å². The van der Waals surface area contributed by atoms with E-state index in [-0.39, 0.29) is 21.7 Å². The number of aryl methyl sites for hydroxylation is 1. The van der Waals surface area contributed by atoms with Crippen LogP contribution in [0.4, 0.5) is 4.39 Å². The van der Waals surface area contributed by atoms with E-state index in [1.165, 1.54) is 12.1 Å². The number of nitrogens with one attached hydrogen (secondary N) is 1. The zero-order valence-corrected chi connectivity index (χ0v) is 10.4. The van der Waals surface area contributed by atoms with Crippen molar-refractivity contribution in [2.24, 2.45) is 0 Å². The molecule has 0 unspecified atom stereocenters. The number of nitrogens with zero attached hydrogens (tertiary/aromatic N) is 2. The van der Waals surface area contributed by atoms with Crippen molar-refractivity contribution in [3.05, 3.63) is 39.7 Å². The summed E-state index contributed by atoms with van der Waals surface area (Å²) in [5.41, 5.74) is 1.03. The highest BCUT2D eigenvalue weighted by molar-refractivity contribution is 9.10. The van der Waals surface area contributed by atoms with Crippen molar-refractivity contribution in [3.8, 4) is 17.7 Å². The minimum atomic E-state index is -0.621. The Morgan fingerprint density at radius 3 is 2.88 bits per heavy atom. The molecule has 1 heterocycles. The average Bonchev–Trinajstić information content (AvgIpc) is 2.71. The van der Waals surface area contributed by atoms with Crippen LogP contribution in [-0.4, -0.2) is 10.2 Å². The number of H-pyrrole nitrogens is 1. The number of aromatic amines is 1. The van der Waals surface area contributed by atoms with Gasteiger partial charge in [-0.1, -0.05) is 0 Å². The van der Waals surface area contributed by atoms with Crippen LogP contribution >= 0.6 is 15.9 Å². The number of ether oxygens (including phenoxy) is 1. The second kappa shape index (κ2) is 4.55. The molecule has 1 N–H and O–H groups in total. The SMILES string of the molecule is Cc1cc(Oc2ccc(C#N)c(Br)c2F)n[nH]1. The molecule has 0 aliphatic rings. The fourth-order valence-electron chi connectivity index (χ4n) is 1.25. The quantitative estimate of drug-likeness (QED) is 0.925. The van der Waals surface area contributed by atoms with Crippen LogP contribution in [0.5, 0.6) is 11.6 Å². The van der Waals surface area contributed by atoms with Crippen LogP contribution in [0.25, 0.3) is 0 Å². The number of rotatable bonds is 2. The second-order valence-electron chi connectivity index (χ2n) is 3.34. The van der Waals surface area contributed by atoms with Gasteiger partial charge in [-0.15, -0.1) is 5.10 Å². The van der Waals surface area contributed by atoms with Crippen molar-refractivity contribution in [2.45, 2.75) is 6.92 Å². The number of nitriles is 1. The Hall–Kier alpha value is -1.87. The van der Waals surface area contributed by atoms with Gasteiger partial charge in [-0.2, -0.15) is 5.26 Å². The van der Waals surface area contributed by atoms with E-state index in [1.807, 2.05) is 13.0 Å². The molecule has 0 fully saturated rings. The molecule has 0 amide bonds. The Kier molecular flexibility index (Phi) is 3.11. The molecule has 6 heteroatoms. The Balaban J connectivity index is 2.35. The molecule has 2 aromatic rings. The zero-order chi connectivity index (χ0) is 12.4. The molecule has 4 nitrogen and oxygen atoms in total. The Morgan fingerprint density at radius 2 is 2.29 bits per heavy atom. The first kappa shape index (κ1) is 11.6. The summed E-state index contributed by atoms with van der Waals surface area (Å²) in [5.74, 6) is -0.329. The summed E-state index contributed by atoms with van der Waals surface area (Å²) < 4.78 is 19.1. The van der Waals surface area contributed by atoms with E-state index in [0.29, 0.717) is 0 Å². The highest BCUT2D eigenvalue weighted by Crippen LogP contribution is 2.30. The predicted molar refractivity (Wildman–Crippen MR) is 62.2 cm³/mol. The number of benzene rings is 1. The summed E-state index contributed by atoms with van der Waals surface area (Å²) in [4.78, 5) is 0. The van der Waals surface area contributed by atoms with Gasteiger partial charge in [0.15, 0.2) is 11.6 Å². The zero-order valence-electron chi connectivity index (χ0n) is 8.79. The van der Waals surface area contributed by atoms with E-state index in [2.05, 4.69) is 26.1 Å². The summed E-state index contributed by atoms with van der Waals surface area (Å²) in [6.07, 6.45) is 0. The Morgan fingerprint density at radius 1 is 1.53 bits per heavy atom. The maximum Gasteiger partial charge on any atom is 0.238 e. The molecular formula is C11H7BrFN3O. The van der Waals surface area contributed by atoms with Crippen molar-refractivity contribution in [3.63, 3.8) is 0 Å². The van der Waals surface area contributed by atoms with Crippen LogP contribution in [0.2, 0.25) is 0 Å². The molecule has 1 aromatic heterocycles. The normalized spacial score (nSPS) is 10.0. The first-order valence-electron chi connectivity index (χ1n) is 4.70. The maximum atomic E-state index is 13.8. The summed E-state index contributed by atoms with van der Waals surface area (Å²) in [6, 6.07) is 6.38. The lowest BCUT2D eigenvalue weighted by Crippen LogP contribution is -1.92. The molecular weight excluding hydrogens is 289 g/mol. The lowest BCUT2D eigenvalue weighted by atomic mass is 10.2. The molecule has 0 atom stereocenters. The van der Waals surface area contributed by atoms with Crippen LogP contribution in [-0.2, 0) is 0 Å². The van der Waals surface area contributed by atoms with Crippen molar-refractivity contribution in [1.29, 1.82) is 5.26 Å². The molecule has 1 aromatic carbocycles. The van der Waals surface area contributed by atoms with E-state index < -0.39 is 5.82 Å². The largest absolute Gasteiger partial charge is 0.434 e. The van der Waals surface area contributed by atoms with Crippen molar-refractivity contribution >= 4 is 15.9 Å². The minimum absolute atomic E-state index is 0.0161. The first-order chi connectivity index (χ1) is 8.11. The molecule has 0 aliphatic heterocycles. The Labute approximate surface area is 105 Å². The number of hydrogen-bond donors (Lipinski definition) is 1. The van der Waals surface area contributed by atoms with Gasteiger partial charge in [0.25, 0.3) is 0 Å². The summed E-state index contributed by atoms with van der Waals surface area (Å²) in [7, 11) is 0. The lowest BCUT2D eigenvalue weighted by molar-refractivity contribution is 0.425. The highest BCUT2D eigenvalue weighted by Gasteiger charge is 2.13. The van der Waals surface area contributed by atoms with Crippen LogP contribution in [0, 0.1) is 24.1 Å². The maximum absolute atomic E-state index is 13.8. The molecule has 0 bridgehead atoms. The second-order valence-corrected chi connectivity index (χ2v) is 4.14. The van der Waals surface area contributed by atoms with E-state index >= 15 is 0 Å². The van der Waals surface area contributed by atoms with E-state index in [9.17, 15) is 4.39 Å². The van der Waals surface area contributed by atoms with Gasteiger partial charge in [-0.3, -0.25) is 5.10 Å². The monoisotopic (exact) mass is 295 g/mol. The first-order valence-corrected chi connectivity index (χ1v) is 5.49. The summed E-state index contributed by atoms with van der Waals surface area (Å²) in [5, 5.41) is 15.2. The number of hydrogen-bond acceptors (Lipinski definition) is 3. The van der Waals surface area contributed by atoms with E-state index in [0.717, 1.165) is 5.69 Å². The van der Waals surface area contributed by atoms with Gasteiger partial charge >= 0.3 is 0 Å². The summed E-state index contributed by atoms with van der Waals surface area (Å²) in [6.45, 7) is 1.81. The molecule has 86 valence electrons. The van der Waals surface area contributed by atoms with Gasteiger partial charge < -0.3 is 4.74 Å². The van der Waals surface area contributed by atoms with Crippen molar-refractivity contribution in [1.82, 2.24) is 10.2 Å². The average molecular weight is 296 g/mol. The van der Waals surface area contributed by atoms with Crippen LogP contribution in [0.1, 0.15) is 11.3 Å². The Bertz CT molecular complexity index is 603. The fourth-order valence-corrected chi connectivity index (χ4v) is 1.67. The molecule has 0 saturated carbocycles. The van der Waals surface area contributed by atoms with Crippen molar-refractivity contribution < 1.29 is 9.13 Å². The molecule has 2 rings (SSSR count). The lowest BCUT2D eigenvalue weighted by Gasteiger charge is -2.05. The molecule has 0 aliphatic carbocycles. The molecule has 17 heavy (non-hydrogen) atoms. The van der Waals surface area contributed by atoms with Gasteiger partial charge in [-0.05, 0) is 35.0 Å². The molecule has 0 radical (unpaired) electrons. The minimum Gasteiger partial charge on any atom is -0.434 e. The standard InChI is InChI=1S/C11H7BrFN3O/c1-6-4-9(16-15-6)17-8-3-2-7(5-14)10(12)11(8)13/h2-4H,1H3,(H,15,16). The van der Waals surface area contributed by atoms with Gasteiger partial charge in [0.2, 0.25) is 5.88 Å². The molecule has 0 spiro atoms. The van der Waals surface area contributed by atoms with Crippen LogP contribution < -0.4 is 4.74 Å². The fraction of sp³-hybridized carbons (Fsp3) is 0.0909. The van der Waals surface area contributed by atoms with Crippen LogP contribution in [0.3, 0.4) is 0 Å². The number of halogens is 2. The topological polar surface area (TPSA) is 61.7 Å². The van der Waals surface area contributed by atoms with E-state index in [1.54, 1.807) is 6.07 Å². The van der Waals surface area contributed by atoms with Gasteiger partial charge in [0, 0.05) is 11.8 Å². The van der Waals surface area contributed by atoms with E-state index in [4.69, 9.17) is 10.00 Å². The highest BCUT2D eigenvalue weighted by atomic mass is 79.9. The third kappa shape index (κ3) is 2.29. The number of aromatic nitrogens is 2. The predicted octanol–water partition coefficient (Wildman–Crippen LogP) is 3.28. The van der Waals surface area contributed by atoms with Crippen molar-refractivity contribution in [2.75, 3.05) is 0 Å². The summed E-state index contributed by atoms with van der Waals surface area (Å²) >= 11 is 3.00. The van der Waals surface area contributed by atoms with Gasteiger partial charge in [0.05, 0.1) is 10.0 Å². The third-order valence-corrected chi connectivity index (χ3v) is 2.84.